The van der Waals surface area contributed by atoms with E-state index in [-0.39, 0.29) is 5.41 Å². The van der Waals surface area contributed by atoms with Crippen LogP contribution in [0, 0.1) is 17.8 Å². The molecule has 5 saturated carbocycles. The molecule has 0 amide bonds. The third kappa shape index (κ3) is 6.59. The van der Waals surface area contributed by atoms with Gasteiger partial charge in [-0.25, -0.2) is 15.0 Å². The first kappa shape index (κ1) is 44.3. The van der Waals surface area contributed by atoms with Crippen molar-refractivity contribution in [2.75, 3.05) is 0 Å². The van der Waals surface area contributed by atoms with Crippen LogP contribution in [0.1, 0.15) is 80.9 Å². The molecule has 5 heteroatoms. The van der Waals surface area contributed by atoms with Crippen molar-refractivity contribution in [1.29, 1.82) is 0 Å². The zero-order valence-electron chi connectivity index (χ0n) is 43.9. The van der Waals surface area contributed by atoms with Crippen LogP contribution in [0.3, 0.4) is 0 Å². The normalized spacial score (nSPS) is 20.7. The summed E-state index contributed by atoms with van der Waals surface area (Å²) in [6, 6.07) is 71.7. The molecule has 6 aliphatic rings. The highest BCUT2D eigenvalue weighted by Crippen LogP contribution is 2.61. The molecule has 5 fully saturated rings. The zero-order valence-corrected chi connectivity index (χ0v) is 43.9. The summed E-state index contributed by atoms with van der Waals surface area (Å²) in [7, 11) is 0. The molecule has 0 unspecified atom stereocenters. The van der Waals surface area contributed by atoms with Crippen LogP contribution in [-0.4, -0.2) is 15.0 Å². The van der Waals surface area contributed by atoms with Gasteiger partial charge in [-0.3, -0.25) is 0 Å². The molecule has 0 aliphatic heterocycles. The minimum atomic E-state index is 0.0400. The molecule has 3 aromatic heterocycles. The molecule has 0 radical (unpaired) electrons. The topological polar surface area (TPSA) is 65.0 Å². The Bertz CT molecular complexity index is 4690. The van der Waals surface area contributed by atoms with Crippen molar-refractivity contribution in [3.05, 3.63) is 211 Å². The minimum Gasteiger partial charge on any atom is -0.455 e. The molecular formula is C74H55N3O2. The Kier molecular flexibility index (Phi) is 9.22. The van der Waals surface area contributed by atoms with Gasteiger partial charge in [0.2, 0.25) is 0 Å². The third-order valence-corrected chi connectivity index (χ3v) is 20.0. The highest BCUT2D eigenvalue weighted by molar-refractivity contribution is 6.19. The Balaban J connectivity index is 0.880. The Morgan fingerprint density at radius 3 is 1.77 bits per heavy atom. The number of fused-ring (bicyclic) bond motifs is 13. The molecule has 0 saturated heterocycles. The largest absolute Gasteiger partial charge is 0.455 e. The number of benzene rings is 10. The van der Waals surface area contributed by atoms with Crippen LogP contribution in [-0.2, 0) is 10.8 Å². The number of nitrogens with zero attached hydrogens (tertiary/aromatic N) is 3. The van der Waals surface area contributed by atoms with Gasteiger partial charge in [-0.15, -0.1) is 0 Å². The second kappa shape index (κ2) is 16.4. The summed E-state index contributed by atoms with van der Waals surface area (Å²) < 4.78 is 13.8. The Hall–Kier alpha value is -8.67. The lowest BCUT2D eigenvalue weighted by molar-refractivity contribution is -0.00518. The van der Waals surface area contributed by atoms with E-state index in [4.69, 9.17) is 23.8 Å². The Labute approximate surface area is 458 Å². The summed E-state index contributed by atoms with van der Waals surface area (Å²) in [6.45, 7) is 0. The standard InChI is InChI=1S/C74H55N3O2/c1-2-13-48-39-66-61(36-47(48)12-1)62-37-50-14-3-4-15-55(50)67(69(62)79-66)72-76-70(75-71(77-72)60-19-11-18-59-58-17-6-8-21-65(58)78-68(59)60)53-34-51(46-22-25-54(26-23-46)73-40-43-30-44(41-73)32-45(31-43)42-73)33-52(35-53)49-24-27-57-56-16-5-7-20-63(56)74(64(57)38-49)28-9-10-29-74/h1-8,11-27,33-39,43-45H,9-10,28-32,40-42H2. The molecule has 1 spiro atoms. The van der Waals surface area contributed by atoms with Gasteiger partial charge < -0.3 is 8.83 Å². The van der Waals surface area contributed by atoms with Crippen LogP contribution in [0.25, 0.3) is 133 Å². The molecular weight excluding hydrogens is 963 g/mol. The van der Waals surface area contributed by atoms with Gasteiger partial charge in [0.05, 0.1) is 11.1 Å². The molecule has 378 valence electrons. The number of aromatic nitrogens is 3. The summed E-state index contributed by atoms with van der Waals surface area (Å²) in [5.41, 5.74) is 18.1. The molecule has 0 atom stereocenters. The fourth-order valence-electron chi connectivity index (χ4n) is 16.9. The number of rotatable bonds is 6. The smallest absolute Gasteiger partial charge is 0.168 e. The number of hydrogen-bond acceptors (Lipinski definition) is 5. The summed E-state index contributed by atoms with van der Waals surface area (Å²) >= 11 is 0. The number of furan rings is 2. The summed E-state index contributed by atoms with van der Waals surface area (Å²) in [5, 5.41) is 8.56. The number of para-hydroxylation sites is 2. The van der Waals surface area contributed by atoms with Gasteiger partial charge in [0.25, 0.3) is 0 Å². The van der Waals surface area contributed by atoms with E-state index in [0.29, 0.717) is 22.9 Å². The summed E-state index contributed by atoms with van der Waals surface area (Å²) in [5.74, 6) is 4.34. The van der Waals surface area contributed by atoms with Crippen molar-refractivity contribution in [1.82, 2.24) is 15.0 Å². The van der Waals surface area contributed by atoms with Gasteiger partial charge in [0.15, 0.2) is 17.5 Å². The maximum absolute atomic E-state index is 7.08. The van der Waals surface area contributed by atoms with Crippen LogP contribution in [0.15, 0.2) is 203 Å². The van der Waals surface area contributed by atoms with E-state index in [9.17, 15) is 0 Å². The monoisotopic (exact) mass is 1020 g/mol. The second-order valence-electron chi connectivity index (χ2n) is 24.4. The molecule has 79 heavy (non-hydrogen) atoms. The molecule has 5 nitrogen and oxygen atoms in total. The molecule has 19 rings (SSSR count). The Morgan fingerprint density at radius 2 is 0.962 bits per heavy atom. The predicted molar refractivity (Wildman–Crippen MR) is 321 cm³/mol. The van der Waals surface area contributed by atoms with E-state index in [1.54, 1.807) is 5.56 Å². The SMILES string of the molecule is c1ccc2c(c1)-c1ccc(-c3cc(-c4ccc(C56CC7CC(CC(C7)C5)C6)cc4)cc(-c4nc(-c5cccc6c5oc5ccccc56)nc(-c5c6ccccc6cc6c5oc5cc7ccccc7cc56)n4)c3)cc1C21CCCC1. The van der Waals surface area contributed by atoms with Crippen molar-refractivity contribution in [2.24, 2.45) is 17.8 Å². The maximum Gasteiger partial charge on any atom is 0.168 e. The minimum absolute atomic E-state index is 0.0400. The van der Waals surface area contributed by atoms with Crippen LogP contribution < -0.4 is 0 Å². The van der Waals surface area contributed by atoms with Gasteiger partial charge in [-0.2, -0.15) is 0 Å². The lowest BCUT2D eigenvalue weighted by atomic mass is 9.48. The second-order valence-corrected chi connectivity index (χ2v) is 24.4. The fourth-order valence-corrected chi connectivity index (χ4v) is 16.9. The van der Waals surface area contributed by atoms with Gasteiger partial charge >= 0.3 is 0 Å². The molecule has 0 N–H and O–H groups in total. The molecule has 4 bridgehead atoms. The van der Waals surface area contributed by atoms with Gasteiger partial charge in [0.1, 0.15) is 22.3 Å². The first-order valence-corrected chi connectivity index (χ1v) is 28.9. The van der Waals surface area contributed by atoms with E-state index < -0.39 is 0 Å². The maximum atomic E-state index is 7.08. The average molecular weight is 1020 g/mol. The first-order valence-electron chi connectivity index (χ1n) is 28.9. The predicted octanol–water partition coefficient (Wildman–Crippen LogP) is 19.6. The van der Waals surface area contributed by atoms with Gasteiger partial charge in [-0.05, 0) is 201 Å². The molecule has 3 heterocycles. The lowest BCUT2D eigenvalue weighted by Crippen LogP contribution is -2.48. The van der Waals surface area contributed by atoms with Gasteiger partial charge in [0, 0.05) is 32.5 Å². The summed E-state index contributed by atoms with van der Waals surface area (Å²) in [4.78, 5) is 16.8. The average Bonchev–Trinajstić information content (AvgIpc) is 4.51. The Morgan fingerprint density at radius 1 is 0.367 bits per heavy atom. The van der Waals surface area contributed by atoms with E-state index in [0.717, 1.165) is 106 Å². The van der Waals surface area contributed by atoms with Crippen LogP contribution in [0.4, 0.5) is 0 Å². The van der Waals surface area contributed by atoms with E-state index in [1.165, 1.54) is 103 Å². The van der Waals surface area contributed by atoms with Crippen molar-refractivity contribution in [3.63, 3.8) is 0 Å². The van der Waals surface area contributed by atoms with Crippen LogP contribution >= 0.6 is 0 Å². The van der Waals surface area contributed by atoms with Crippen molar-refractivity contribution in [2.45, 2.75) is 75.0 Å². The quantitative estimate of drug-likeness (QED) is 0.166. The van der Waals surface area contributed by atoms with Crippen molar-refractivity contribution < 1.29 is 8.83 Å². The lowest BCUT2D eigenvalue weighted by Gasteiger charge is -2.57. The number of hydrogen-bond donors (Lipinski definition) is 0. The van der Waals surface area contributed by atoms with Crippen molar-refractivity contribution >= 4 is 65.4 Å². The van der Waals surface area contributed by atoms with E-state index in [2.05, 4.69) is 182 Å². The summed E-state index contributed by atoms with van der Waals surface area (Å²) in [6.07, 6.45) is 13.2. The van der Waals surface area contributed by atoms with Gasteiger partial charge in [-0.1, -0.05) is 152 Å². The molecule has 10 aromatic carbocycles. The molecule has 13 aromatic rings. The first-order chi connectivity index (χ1) is 39.0. The van der Waals surface area contributed by atoms with Crippen molar-refractivity contribution in [3.8, 4) is 67.5 Å². The van der Waals surface area contributed by atoms with Crippen LogP contribution in [0.2, 0.25) is 0 Å². The van der Waals surface area contributed by atoms with E-state index in [1.807, 2.05) is 12.1 Å². The molecule has 6 aliphatic carbocycles. The fraction of sp³-hybridized carbons (Fsp3) is 0.203. The van der Waals surface area contributed by atoms with E-state index >= 15 is 0 Å². The third-order valence-electron chi connectivity index (χ3n) is 20.0. The van der Waals surface area contributed by atoms with Crippen LogP contribution in [0.5, 0.6) is 0 Å². The highest BCUT2D eigenvalue weighted by Gasteiger charge is 2.51. The zero-order chi connectivity index (χ0) is 51.6. The highest BCUT2D eigenvalue weighted by atomic mass is 16.3.